The number of pyridine rings is 1. The standard InChI is InChI=1S/C19H22N4OS/c1-2-3-6-14-9-10-16(22-13-14)19(24)21-12-11-20-18-15-7-4-5-8-17(15)25-23-18/h4-5,7-10,13H,2-3,6,11-12H2,1H3,(H,20,23)(H,21,24). The van der Waals surface area contributed by atoms with E-state index in [1.54, 1.807) is 12.3 Å². The van der Waals surface area contributed by atoms with Gasteiger partial charge in [-0.05, 0) is 48.1 Å². The third-order valence-corrected chi connectivity index (χ3v) is 4.78. The number of fused-ring (bicyclic) bond motifs is 1. The van der Waals surface area contributed by atoms with Crippen molar-refractivity contribution >= 4 is 33.3 Å². The van der Waals surface area contributed by atoms with Crippen LogP contribution < -0.4 is 10.6 Å². The minimum atomic E-state index is -0.146. The Morgan fingerprint density at radius 3 is 2.84 bits per heavy atom. The summed E-state index contributed by atoms with van der Waals surface area (Å²) in [6.45, 7) is 3.30. The monoisotopic (exact) mass is 354 g/mol. The van der Waals surface area contributed by atoms with Crippen LogP contribution in [0.3, 0.4) is 0 Å². The highest BCUT2D eigenvalue weighted by Gasteiger charge is 2.07. The molecule has 0 aliphatic rings. The van der Waals surface area contributed by atoms with Gasteiger partial charge in [0.05, 0.1) is 4.70 Å². The Balaban J connectivity index is 1.46. The number of anilines is 1. The van der Waals surface area contributed by atoms with Gasteiger partial charge in [0.25, 0.3) is 5.91 Å². The summed E-state index contributed by atoms with van der Waals surface area (Å²) in [6, 6.07) is 11.9. The number of aryl methyl sites for hydroxylation is 1. The lowest BCUT2D eigenvalue weighted by Crippen LogP contribution is -2.29. The van der Waals surface area contributed by atoms with Gasteiger partial charge in [-0.25, -0.2) is 0 Å². The number of nitrogens with zero attached hydrogens (tertiary/aromatic N) is 2. The summed E-state index contributed by atoms with van der Waals surface area (Å²) in [5.74, 6) is 0.722. The third kappa shape index (κ3) is 4.54. The van der Waals surface area contributed by atoms with Crippen molar-refractivity contribution < 1.29 is 4.79 Å². The van der Waals surface area contributed by atoms with Gasteiger partial charge >= 0.3 is 0 Å². The molecule has 3 aromatic rings. The third-order valence-electron chi connectivity index (χ3n) is 3.96. The van der Waals surface area contributed by atoms with Crippen molar-refractivity contribution in [1.82, 2.24) is 14.7 Å². The molecule has 25 heavy (non-hydrogen) atoms. The fourth-order valence-corrected chi connectivity index (χ4v) is 3.30. The molecule has 0 bridgehead atoms. The molecule has 0 unspecified atom stereocenters. The lowest BCUT2D eigenvalue weighted by molar-refractivity contribution is 0.0950. The van der Waals surface area contributed by atoms with Crippen molar-refractivity contribution in [3.8, 4) is 0 Å². The van der Waals surface area contributed by atoms with Crippen LogP contribution in [0.5, 0.6) is 0 Å². The van der Waals surface area contributed by atoms with Gasteiger partial charge in [0.15, 0.2) is 0 Å². The molecule has 0 fully saturated rings. The van der Waals surface area contributed by atoms with Crippen LogP contribution in [0.1, 0.15) is 35.8 Å². The molecular weight excluding hydrogens is 332 g/mol. The molecule has 3 rings (SSSR count). The van der Waals surface area contributed by atoms with E-state index in [9.17, 15) is 4.79 Å². The van der Waals surface area contributed by atoms with Gasteiger partial charge in [0, 0.05) is 24.7 Å². The first-order valence-electron chi connectivity index (χ1n) is 8.59. The van der Waals surface area contributed by atoms with Gasteiger partial charge in [0.1, 0.15) is 11.5 Å². The van der Waals surface area contributed by atoms with Crippen molar-refractivity contribution in [3.63, 3.8) is 0 Å². The van der Waals surface area contributed by atoms with Gasteiger partial charge in [0.2, 0.25) is 0 Å². The molecule has 1 aromatic carbocycles. The maximum absolute atomic E-state index is 12.1. The van der Waals surface area contributed by atoms with Gasteiger partial charge in [-0.3, -0.25) is 9.78 Å². The summed E-state index contributed by atoms with van der Waals surface area (Å²) in [6.07, 6.45) is 5.11. The van der Waals surface area contributed by atoms with Crippen LogP contribution in [-0.4, -0.2) is 28.4 Å². The molecule has 0 aliphatic heterocycles. The second-order valence-corrected chi connectivity index (χ2v) is 6.67. The van der Waals surface area contributed by atoms with Crippen LogP contribution in [0.2, 0.25) is 0 Å². The Bertz CT molecular complexity index is 829. The van der Waals surface area contributed by atoms with Gasteiger partial charge < -0.3 is 10.6 Å². The molecule has 2 aromatic heterocycles. The molecule has 0 atom stereocenters. The summed E-state index contributed by atoms with van der Waals surface area (Å²) >= 11 is 1.47. The number of aromatic nitrogens is 2. The van der Waals surface area contributed by atoms with E-state index in [0.29, 0.717) is 18.8 Å². The summed E-state index contributed by atoms with van der Waals surface area (Å²) in [5, 5.41) is 7.27. The van der Waals surface area contributed by atoms with E-state index in [1.165, 1.54) is 17.1 Å². The minimum absolute atomic E-state index is 0.146. The molecule has 0 spiro atoms. The van der Waals surface area contributed by atoms with Gasteiger partial charge in [-0.2, -0.15) is 4.37 Å². The zero-order valence-electron chi connectivity index (χ0n) is 14.3. The van der Waals surface area contributed by atoms with Gasteiger partial charge in [-0.15, -0.1) is 0 Å². The van der Waals surface area contributed by atoms with Gasteiger partial charge in [-0.1, -0.05) is 31.5 Å². The normalized spacial score (nSPS) is 10.8. The lowest BCUT2D eigenvalue weighted by Gasteiger charge is -2.07. The van der Waals surface area contributed by atoms with Crippen LogP contribution in [0.25, 0.3) is 10.1 Å². The fraction of sp³-hybridized carbons (Fsp3) is 0.316. The number of nitrogens with one attached hydrogen (secondary N) is 2. The van der Waals surface area contributed by atoms with E-state index in [4.69, 9.17) is 0 Å². The first kappa shape index (κ1) is 17.4. The zero-order valence-corrected chi connectivity index (χ0v) is 15.1. The summed E-state index contributed by atoms with van der Waals surface area (Å²) < 4.78 is 5.56. The maximum atomic E-state index is 12.1. The second kappa shape index (κ2) is 8.58. The average molecular weight is 354 g/mol. The smallest absolute Gasteiger partial charge is 0.269 e. The second-order valence-electron chi connectivity index (χ2n) is 5.87. The van der Waals surface area contributed by atoms with Crippen LogP contribution in [0, 0.1) is 0 Å². The van der Waals surface area contributed by atoms with E-state index in [2.05, 4.69) is 33.0 Å². The van der Waals surface area contributed by atoms with E-state index in [0.717, 1.165) is 35.2 Å². The predicted molar refractivity (Wildman–Crippen MR) is 103 cm³/mol. The Hall–Kier alpha value is -2.47. The largest absolute Gasteiger partial charge is 0.367 e. The molecule has 1 amide bonds. The first-order chi connectivity index (χ1) is 12.3. The zero-order chi connectivity index (χ0) is 17.5. The highest BCUT2D eigenvalue weighted by molar-refractivity contribution is 7.13. The SMILES string of the molecule is CCCCc1ccc(C(=O)NCCNc2nsc3ccccc23)nc1. The van der Waals surface area contributed by atoms with Crippen LogP contribution in [-0.2, 0) is 6.42 Å². The number of benzene rings is 1. The fourth-order valence-electron chi connectivity index (χ4n) is 2.55. The topological polar surface area (TPSA) is 66.9 Å². The predicted octanol–water partition coefficient (Wildman–Crippen LogP) is 3.88. The van der Waals surface area contributed by atoms with E-state index >= 15 is 0 Å². The molecule has 0 radical (unpaired) electrons. The van der Waals surface area contributed by atoms with E-state index in [1.807, 2.05) is 24.3 Å². The summed E-state index contributed by atoms with van der Waals surface area (Å²) in [5.41, 5.74) is 1.63. The molecule has 0 saturated heterocycles. The first-order valence-corrected chi connectivity index (χ1v) is 9.36. The van der Waals surface area contributed by atoms with Crippen LogP contribution in [0.4, 0.5) is 5.82 Å². The number of rotatable bonds is 8. The summed E-state index contributed by atoms with van der Waals surface area (Å²) in [7, 11) is 0. The molecule has 5 nitrogen and oxygen atoms in total. The van der Waals surface area contributed by atoms with Crippen molar-refractivity contribution in [2.75, 3.05) is 18.4 Å². The molecule has 2 heterocycles. The number of carbonyl (C=O) groups excluding carboxylic acids is 1. The Kier molecular flexibility index (Phi) is 5.95. The highest BCUT2D eigenvalue weighted by Crippen LogP contribution is 2.25. The van der Waals surface area contributed by atoms with Crippen LogP contribution in [0.15, 0.2) is 42.6 Å². The number of unbranched alkanes of at least 4 members (excludes halogenated alkanes) is 1. The molecular formula is C19H22N4OS. The Labute approximate surface area is 151 Å². The highest BCUT2D eigenvalue weighted by atomic mass is 32.1. The molecule has 6 heteroatoms. The number of hydrogen-bond donors (Lipinski definition) is 2. The average Bonchev–Trinajstić information content (AvgIpc) is 3.07. The van der Waals surface area contributed by atoms with E-state index in [-0.39, 0.29) is 5.91 Å². The number of amides is 1. The van der Waals surface area contributed by atoms with E-state index < -0.39 is 0 Å². The minimum Gasteiger partial charge on any atom is -0.367 e. The summed E-state index contributed by atoms with van der Waals surface area (Å²) in [4.78, 5) is 16.4. The number of hydrogen-bond acceptors (Lipinski definition) is 5. The van der Waals surface area contributed by atoms with Crippen LogP contribution >= 0.6 is 11.5 Å². The quantitative estimate of drug-likeness (QED) is 0.603. The van der Waals surface area contributed by atoms with Crippen molar-refractivity contribution in [2.24, 2.45) is 0 Å². The van der Waals surface area contributed by atoms with Crippen molar-refractivity contribution in [3.05, 3.63) is 53.9 Å². The molecule has 0 aliphatic carbocycles. The Morgan fingerprint density at radius 2 is 2.04 bits per heavy atom. The van der Waals surface area contributed by atoms with Crippen molar-refractivity contribution in [1.29, 1.82) is 0 Å². The molecule has 130 valence electrons. The van der Waals surface area contributed by atoms with Crippen molar-refractivity contribution in [2.45, 2.75) is 26.2 Å². The Morgan fingerprint density at radius 1 is 1.16 bits per heavy atom. The number of carbonyl (C=O) groups is 1. The molecule has 2 N–H and O–H groups in total. The lowest BCUT2D eigenvalue weighted by atomic mass is 10.1. The maximum Gasteiger partial charge on any atom is 0.269 e. The molecule has 0 saturated carbocycles.